The third-order valence-corrected chi connectivity index (χ3v) is 2.25. The maximum Gasteiger partial charge on any atom is 0.417 e. The number of alkyl halides is 3. The highest BCUT2D eigenvalue weighted by Crippen LogP contribution is 2.32. The number of hydrogen-bond donors (Lipinski definition) is 0. The first kappa shape index (κ1) is 11.6. The third-order valence-electron chi connectivity index (χ3n) is 2.25. The van der Waals surface area contributed by atoms with E-state index in [1.165, 1.54) is 0 Å². The molecule has 1 radical (unpaired) electrons. The van der Waals surface area contributed by atoms with Crippen LogP contribution < -0.4 is 0 Å². The van der Waals surface area contributed by atoms with E-state index in [2.05, 4.69) is 0 Å². The molecule has 0 aliphatic carbocycles. The Morgan fingerprint density at radius 1 is 0.882 bits per heavy atom. The van der Waals surface area contributed by atoms with Crippen molar-refractivity contribution in [1.29, 1.82) is 0 Å². The summed E-state index contributed by atoms with van der Waals surface area (Å²) in [7, 11) is 0. The van der Waals surface area contributed by atoms with Gasteiger partial charge in [0.05, 0.1) is 5.56 Å². The summed E-state index contributed by atoms with van der Waals surface area (Å²) in [4.78, 5) is 0. The lowest BCUT2D eigenvalue weighted by Crippen LogP contribution is -2.06. The Hall–Kier alpha value is -1.84. The number of benzene rings is 2. The first-order valence-electron chi connectivity index (χ1n) is 4.82. The van der Waals surface area contributed by atoms with Gasteiger partial charge in [0.25, 0.3) is 0 Å². The minimum absolute atomic E-state index is 0.189. The van der Waals surface area contributed by atoms with Gasteiger partial charge in [-0.1, -0.05) is 30.3 Å². The third kappa shape index (κ3) is 2.64. The van der Waals surface area contributed by atoms with Crippen LogP contribution in [0, 0.1) is 11.9 Å². The van der Waals surface area contributed by atoms with Gasteiger partial charge in [0.15, 0.2) is 0 Å². The summed E-state index contributed by atoms with van der Waals surface area (Å²) in [6, 6.07) is 11.9. The van der Waals surface area contributed by atoms with Crippen molar-refractivity contribution >= 4 is 0 Å². The van der Waals surface area contributed by atoms with E-state index in [1.807, 2.05) is 0 Å². The van der Waals surface area contributed by atoms with Gasteiger partial charge in [-0.3, -0.25) is 0 Å². The highest BCUT2D eigenvalue weighted by molar-refractivity contribution is 5.64. The highest BCUT2D eigenvalue weighted by atomic mass is 19.4. The molecule has 0 aliphatic heterocycles. The molecule has 0 N–H and O–H groups in total. The Kier molecular flexibility index (Phi) is 2.88. The SMILES string of the molecule is Fc1[c]c(C(F)(F)F)cc(-c2ccccc2)c1. The van der Waals surface area contributed by atoms with Crippen LogP contribution >= 0.6 is 0 Å². The molecule has 0 heterocycles. The summed E-state index contributed by atoms with van der Waals surface area (Å²) in [6.07, 6.45) is -4.59. The summed E-state index contributed by atoms with van der Waals surface area (Å²) in [6.45, 7) is 0. The molecular weight excluding hydrogens is 232 g/mol. The summed E-state index contributed by atoms with van der Waals surface area (Å²) in [5, 5.41) is 0. The fourth-order valence-corrected chi connectivity index (χ4v) is 1.48. The molecule has 0 amide bonds. The lowest BCUT2D eigenvalue weighted by atomic mass is 10.0. The Morgan fingerprint density at radius 3 is 2.12 bits per heavy atom. The second-order valence-corrected chi connectivity index (χ2v) is 3.49. The second kappa shape index (κ2) is 4.20. The zero-order valence-electron chi connectivity index (χ0n) is 8.55. The van der Waals surface area contributed by atoms with Gasteiger partial charge in [-0.15, -0.1) is 0 Å². The summed E-state index contributed by atoms with van der Waals surface area (Å²) < 4.78 is 50.5. The minimum atomic E-state index is -4.59. The summed E-state index contributed by atoms with van der Waals surface area (Å²) >= 11 is 0. The van der Waals surface area contributed by atoms with Crippen molar-refractivity contribution in [3.63, 3.8) is 0 Å². The van der Waals surface area contributed by atoms with Crippen LogP contribution in [0.3, 0.4) is 0 Å². The van der Waals surface area contributed by atoms with E-state index in [0.717, 1.165) is 12.1 Å². The van der Waals surface area contributed by atoms with Gasteiger partial charge in [-0.25, -0.2) is 4.39 Å². The molecule has 17 heavy (non-hydrogen) atoms. The fraction of sp³-hybridized carbons (Fsp3) is 0.0769. The van der Waals surface area contributed by atoms with Crippen molar-refractivity contribution < 1.29 is 17.6 Å². The molecule has 2 rings (SSSR count). The fourth-order valence-electron chi connectivity index (χ4n) is 1.48. The Morgan fingerprint density at radius 2 is 1.53 bits per heavy atom. The standard InChI is InChI=1S/C13H7F4/c14-12-7-10(9-4-2-1-3-5-9)6-11(8-12)13(15,16)17/h1-7H. The predicted octanol–water partition coefficient (Wildman–Crippen LogP) is 4.31. The molecule has 0 atom stereocenters. The van der Waals surface area contributed by atoms with Crippen LogP contribution in [0.25, 0.3) is 11.1 Å². The van der Waals surface area contributed by atoms with E-state index < -0.39 is 17.6 Å². The van der Waals surface area contributed by atoms with Crippen molar-refractivity contribution in [1.82, 2.24) is 0 Å². The maximum atomic E-state index is 13.1. The molecular formula is C13H7F4. The smallest absolute Gasteiger partial charge is 0.206 e. The van der Waals surface area contributed by atoms with Gasteiger partial charge in [0.1, 0.15) is 5.82 Å². The molecule has 0 spiro atoms. The van der Waals surface area contributed by atoms with Crippen LogP contribution in [0.4, 0.5) is 17.6 Å². The monoisotopic (exact) mass is 239 g/mol. The topological polar surface area (TPSA) is 0 Å². The molecule has 0 unspecified atom stereocenters. The molecule has 2 aromatic rings. The highest BCUT2D eigenvalue weighted by Gasteiger charge is 2.31. The van der Waals surface area contributed by atoms with E-state index in [0.29, 0.717) is 5.56 Å². The van der Waals surface area contributed by atoms with E-state index in [4.69, 9.17) is 0 Å². The first-order chi connectivity index (χ1) is 7.97. The first-order valence-corrected chi connectivity index (χ1v) is 4.82. The van der Waals surface area contributed by atoms with Crippen molar-refractivity contribution in [3.8, 4) is 11.1 Å². The van der Waals surface area contributed by atoms with Crippen molar-refractivity contribution in [2.45, 2.75) is 6.18 Å². The normalized spacial score (nSPS) is 11.5. The molecule has 0 nitrogen and oxygen atoms in total. The quantitative estimate of drug-likeness (QED) is 0.650. The van der Waals surface area contributed by atoms with Gasteiger partial charge in [-0.2, -0.15) is 13.2 Å². The lowest BCUT2D eigenvalue weighted by Gasteiger charge is -2.09. The van der Waals surface area contributed by atoms with Gasteiger partial charge in [0, 0.05) is 6.07 Å². The number of halogens is 4. The summed E-state index contributed by atoms with van der Waals surface area (Å²) in [5.41, 5.74) is -0.378. The molecule has 0 saturated heterocycles. The van der Waals surface area contributed by atoms with Crippen molar-refractivity contribution in [2.75, 3.05) is 0 Å². The predicted molar refractivity (Wildman–Crippen MR) is 55.7 cm³/mol. The molecule has 0 bridgehead atoms. The Balaban J connectivity index is 2.54. The van der Waals surface area contributed by atoms with E-state index in [-0.39, 0.29) is 5.56 Å². The zero-order valence-corrected chi connectivity index (χ0v) is 8.55. The largest absolute Gasteiger partial charge is 0.417 e. The summed E-state index contributed by atoms with van der Waals surface area (Å²) in [5.74, 6) is -1.02. The minimum Gasteiger partial charge on any atom is -0.206 e. The molecule has 4 heteroatoms. The average Bonchev–Trinajstić information content (AvgIpc) is 2.28. The molecule has 87 valence electrons. The van der Waals surface area contributed by atoms with Gasteiger partial charge >= 0.3 is 6.18 Å². The van der Waals surface area contributed by atoms with Crippen LogP contribution in [0.5, 0.6) is 0 Å². The lowest BCUT2D eigenvalue weighted by molar-refractivity contribution is -0.138. The Labute approximate surface area is 95.5 Å². The van der Waals surface area contributed by atoms with Crippen molar-refractivity contribution in [3.05, 3.63) is 59.9 Å². The number of hydrogen-bond acceptors (Lipinski definition) is 0. The van der Waals surface area contributed by atoms with E-state index in [1.54, 1.807) is 36.4 Å². The van der Waals surface area contributed by atoms with E-state index >= 15 is 0 Å². The number of rotatable bonds is 1. The molecule has 0 fully saturated rings. The van der Waals surface area contributed by atoms with Crippen LogP contribution in [-0.4, -0.2) is 0 Å². The zero-order chi connectivity index (χ0) is 12.5. The van der Waals surface area contributed by atoms with Gasteiger partial charge < -0.3 is 0 Å². The van der Waals surface area contributed by atoms with Gasteiger partial charge in [0.2, 0.25) is 0 Å². The maximum absolute atomic E-state index is 13.1. The van der Waals surface area contributed by atoms with Crippen LogP contribution in [0.15, 0.2) is 42.5 Å². The molecule has 0 aromatic heterocycles. The Bertz CT molecular complexity index is 515. The van der Waals surface area contributed by atoms with Crippen LogP contribution in [0.1, 0.15) is 5.56 Å². The molecule has 0 saturated carbocycles. The van der Waals surface area contributed by atoms with Crippen LogP contribution in [-0.2, 0) is 6.18 Å². The average molecular weight is 239 g/mol. The van der Waals surface area contributed by atoms with E-state index in [9.17, 15) is 17.6 Å². The molecule has 0 aliphatic rings. The second-order valence-electron chi connectivity index (χ2n) is 3.49. The molecule has 2 aromatic carbocycles. The van der Waals surface area contributed by atoms with Gasteiger partial charge in [-0.05, 0) is 23.3 Å². The van der Waals surface area contributed by atoms with Crippen LogP contribution in [0.2, 0.25) is 0 Å². The van der Waals surface area contributed by atoms with Crippen molar-refractivity contribution in [2.24, 2.45) is 0 Å².